The molecular weight excluding hydrogens is 238 g/mol. The fourth-order valence-corrected chi connectivity index (χ4v) is 2.39. The number of nitrogens with zero attached hydrogens (tertiary/aromatic N) is 2. The number of carboxylic acids is 1. The first kappa shape index (κ1) is 12.7. The Labute approximate surface area is 105 Å². The maximum atomic E-state index is 12.2. The van der Waals surface area contributed by atoms with Crippen LogP contribution >= 0.6 is 0 Å². The lowest BCUT2D eigenvalue weighted by Crippen LogP contribution is -2.48. The first-order valence-corrected chi connectivity index (χ1v) is 6.14. The molecule has 0 saturated carbocycles. The monoisotopic (exact) mass is 255 g/mol. The molecule has 0 spiro atoms. The number of hydrogen-bond donors (Lipinski definition) is 2. The minimum atomic E-state index is -0.954. The molecule has 2 fully saturated rings. The topological polar surface area (TPSA) is 90.0 Å². The third-order valence-corrected chi connectivity index (χ3v) is 3.37. The van der Waals surface area contributed by atoms with Crippen molar-refractivity contribution in [3.05, 3.63) is 0 Å². The van der Waals surface area contributed by atoms with Crippen molar-refractivity contribution < 1.29 is 19.5 Å². The van der Waals surface area contributed by atoms with Gasteiger partial charge in [-0.2, -0.15) is 0 Å². The molecular formula is C11H17N3O4. The summed E-state index contributed by atoms with van der Waals surface area (Å²) in [6, 6.07) is -0.985. The molecule has 3 amide bonds. The molecule has 7 heteroatoms. The summed E-state index contributed by atoms with van der Waals surface area (Å²) < 4.78 is 0. The van der Waals surface area contributed by atoms with Crippen LogP contribution in [0.3, 0.4) is 0 Å². The summed E-state index contributed by atoms with van der Waals surface area (Å²) in [6.45, 7) is 1.70. The molecule has 0 radical (unpaired) electrons. The Morgan fingerprint density at radius 3 is 2.78 bits per heavy atom. The van der Waals surface area contributed by atoms with Crippen LogP contribution in [0.5, 0.6) is 0 Å². The van der Waals surface area contributed by atoms with E-state index in [-0.39, 0.29) is 18.4 Å². The predicted molar refractivity (Wildman–Crippen MR) is 62.0 cm³/mol. The number of hydrogen-bond acceptors (Lipinski definition) is 3. The van der Waals surface area contributed by atoms with Crippen molar-refractivity contribution >= 4 is 17.9 Å². The normalized spacial score (nSPS) is 24.7. The van der Waals surface area contributed by atoms with Gasteiger partial charge in [0.05, 0.1) is 0 Å². The third kappa shape index (κ3) is 2.55. The predicted octanol–water partition coefficient (Wildman–Crippen LogP) is -0.523. The van der Waals surface area contributed by atoms with Gasteiger partial charge in [0.15, 0.2) is 0 Å². The molecule has 18 heavy (non-hydrogen) atoms. The van der Waals surface area contributed by atoms with Crippen LogP contribution in [0.4, 0.5) is 4.79 Å². The summed E-state index contributed by atoms with van der Waals surface area (Å²) in [5.74, 6) is -1.02. The number of carbonyl (C=O) groups is 3. The molecule has 0 aromatic rings. The van der Waals surface area contributed by atoms with Crippen LogP contribution in [-0.4, -0.2) is 65.0 Å². The van der Waals surface area contributed by atoms with E-state index in [0.717, 1.165) is 0 Å². The number of urea groups is 1. The molecule has 2 aliphatic rings. The standard InChI is InChI=1S/C11H17N3O4/c15-9-3-6-13(7-4-12-9)11(18)14-5-1-2-8(14)10(16)17/h8H,1-7H2,(H,12,15)(H,16,17)/t8-/m0/s1. The van der Waals surface area contributed by atoms with Crippen LogP contribution in [0.25, 0.3) is 0 Å². The summed E-state index contributed by atoms with van der Waals surface area (Å²) in [5, 5.41) is 11.7. The molecule has 2 heterocycles. The van der Waals surface area contributed by atoms with Crippen LogP contribution in [-0.2, 0) is 9.59 Å². The Kier molecular flexibility index (Phi) is 3.69. The van der Waals surface area contributed by atoms with E-state index in [1.54, 1.807) is 4.90 Å². The van der Waals surface area contributed by atoms with E-state index in [9.17, 15) is 14.4 Å². The molecule has 0 aromatic heterocycles. The maximum absolute atomic E-state index is 12.2. The summed E-state index contributed by atoms with van der Waals surface area (Å²) in [4.78, 5) is 37.4. The van der Waals surface area contributed by atoms with Gasteiger partial charge in [-0.15, -0.1) is 0 Å². The van der Waals surface area contributed by atoms with Crippen molar-refractivity contribution in [2.75, 3.05) is 26.2 Å². The number of amides is 3. The summed E-state index contributed by atoms with van der Waals surface area (Å²) in [7, 11) is 0. The lowest BCUT2D eigenvalue weighted by atomic mass is 10.2. The molecule has 0 unspecified atom stereocenters. The number of carbonyl (C=O) groups excluding carboxylic acids is 2. The van der Waals surface area contributed by atoms with Crippen molar-refractivity contribution in [2.45, 2.75) is 25.3 Å². The lowest BCUT2D eigenvalue weighted by molar-refractivity contribution is -0.141. The van der Waals surface area contributed by atoms with E-state index >= 15 is 0 Å². The van der Waals surface area contributed by atoms with Gasteiger partial charge in [-0.05, 0) is 12.8 Å². The van der Waals surface area contributed by atoms with E-state index in [1.165, 1.54) is 4.90 Å². The second-order valence-electron chi connectivity index (χ2n) is 4.56. The van der Waals surface area contributed by atoms with Crippen LogP contribution in [0.15, 0.2) is 0 Å². The van der Waals surface area contributed by atoms with Gasteiger partial charge < -0.3 is 20.2 Å². The highest BCUT2D eigenvalue weighted by atomic mass is 16.4. The van der Waals surface area contributed by atoms with Gasteiger partial charge in [0.1, 0.15) is 6.04 Å². The highest BCUT2D eigenvalue weighted by Crippen LogP contribution is 2.19. The molecule has 0 aromatic carbocycles. The van der Waals surface area contributed by atoms with Crippen molar-refractivity contribution in [1.29, 1.82) is 0 Å². The third-order valence-electron chi connectivity index (χ3n) is 3.37. The highest BCUT2D eigenvalue weighted by molar-refractivity contribution is 5.84. The van der Waals surface area contributed by atoms with Gasteiger partial charge in [0, 0.05) is 32.6 Å². The van der Waals surface area contributed by atoms with Crippen LogP contribution in [0.2, 0.25) is 0 Å². The zero-order chi connectivity index (χ0) is 13.1. The van der Waals surface area contributed by atoms with Crippen molar-refractivity contribution in [3.63, 3.8) is 0 Å². The summed E-state index contributed by atoms with van der Waals surface area (Å²) >= 11 is 0. The van der Waals surface area contributed by atoms with Gasteiger partial charge in [-0.1, -0.05) is 0 Å². The molecule has 100 valence electrons. The zero-order valence-corrected chi connectivity index (χ0v) is 10.1. The summed E-state index contributed by atoms with van der Waals surface area (Å²) in [6.07, 6.45) is 1.50. The van der Waals surface area contributed by atoms with Gasteiger partial charge in [0.2, 0.25) is 5.91 Å². The highest BCUT2D eigenvalue weighted by Gasteiger charge is 2.36. The molecule has 2 rings (SSSR count). The number of nitrogens with one attached hydrogen (secondary N) is 1. The van der Waals surface area contributed by atoms with Gasteiger partial charge in [0.25, 0.3) is 0 Å². The molecule has 0 bridgehead atoms. The minimum Gasteiger partial charge on any atom is -0.480 e. The van der Waals surface area contributed by atoms with Crippen molar-refractivity contribution in [2.24, 2.45) is 0 Å². The minimum absolute atomic E-state index is 0.0680. The van der Waals surface area contributed by atoms with Gasteiger partial charge in [-0.3, -0.25) is 4.79 Å². The second kappa shape index (κ2) is 5.24. The first-order valence-electron chi connectivity index (χ1n) is 6.14. The number of likely N-dealkylation sites (tertiary alicyclic amines) is 1. The Morgan fingerprint density at radius 1 is 1.28 bits per heavy atom. The molecule has 7 nitrogen and oxygen atoms in total. The van der Waals surface area contributed by atoms with E-state index in [2.05, 4.69) is 5.32 Å². The average molecular weight is 255 g/mol. The molecule has 1 atom stereocenters. The van der Waals surface area contributed by atoms with E-state index < -0.39 is 12.0 Å². The maximum Gasteiger partial charge on any atom is 0.326 e. The molecule has 2 aliphatic heterocycles. The molecule has 2 N–H and O–H groups in total. The fourth-order valence-electron chi connectivity index (χ4n) is 2.39. The van der Waals surface area contributed by atoms with Crippen molar-refractivity contribution in [1.82, 2.24) is 15.1 Å². The van der Waals surface area contributed by atoms with Gasteiger partial charge >= 0.3 is 12.0 Å². The molecule has 0 aliphatic carbocycles. The lowest BCUT2D eigenvalue weighted by Gasteiger charge is -2.29. The largest absolute Gasteiger partial charge is 0.480 e. The van der Waals surface area contributed by atoms with Crippen molar-refractivity contribution in [3.8, 4) is 0 Å². The van der Waals surface area contributed by atoms with Crippen LogP contribution in [0.1, 0.15) is 19.3 Å². The van der Waals surface area contributed by atoms with Crippen LogP contribution < -0.4 is 5.32 Å². The molecule has 2 saturated heterocycles. The first-order chi connectivity index (χ1) is 8.59. The number of carboxylic acid groups (broad SMARTS) is 1. The van der Waals surface area contributed by atoms with Gasteiger partial charge in [-0.25, -0.2) is 9.59 Å². The Bertz CT molecular complexity index is 371. The fraction of sp³-hybridized carbons (Fsp3) is 0.727. The van der Waals surface area contributed by atoms with E-state index in [0.29, 0.717) is 39.0 Å². The second-order valence-corrected chi connectivity index (χ2v) is 4.56. The number of aliphatic carboxylic acids is 1. The summed E-state index contributed by atoms with van der Waals surface area (Å²) in [5.41, 5.74) is 0. The SMILES string of the molecule is O=C1CCN(C(=O)N2CCC[C@H]2C(=O)O)CCN1. The Morgan fingerprint density at radius 2 is 2.06 bits per heavy atom. The van der Waals surface area contributed by atoms with E-state index in [4.69, 9.17) is 5.11 Å². The Hall–Kier alpha value is -1.79. The zero-order valence-electron chi connectivity index (χ0n) is 10.1. The Balaban J connectivity index is 2.01. The van der Waals surface area contributed by atoms with E-state index in [1.807, 2.05) is 0 Å². The smallest absolute Gasteiger partial charge is 0.326 e. The van der Waals surface area contributed by atoms with Crippen LogP contribution in [0, 0.1) is 0 Å². The average Bonchev–Trinajstić information content (AvgIpc) is 2.72. The quantitative estimate of drug-likeness (QED) is 0.659. The number of rotatable bonds is 1.